The largest absolute Gasteiger partial charge is 0.355 e. The number of carbonyl (C=O) groups is 1. The molecule has 1 heterocycles. The van der Waals surface area contributed by atoms with Crippen LogP contribution in [-0.4, -0.2) is 67.3 Å². The van der Waals surface area contributed by atoms with E-state index in [0.717, 1.165) is 44.2 Å². The molecule has 3 rings (SSSR count). The minimum absolute atomic E-state index is 0.0536. The van der Waals surface area contributed by atoms with Gasteiger partial charge in [0.2, 0.25) is 5.91 Å². The van der Waals surface area contributed by atoms with E-state index in [1.54, 1.807) is 11.8 Å². The molecule has 2 aliphatic rings. The first-order valence-electron chi connectivity index (χ1n) is 9.38. The average Bonchev–Trinajstić information content (AvgIpc) is 3.37. The number of rotatable bonds is 7. The second kappa shape index (κ2) is 8.11. The molecule has 1 aliphatic carbocycles. The van der Waals surface area contributed by atoms with Crippen LogP contribution in [0.5, 0.6) is 0 Å². The maximum Gasteiger partial charge on any atom is 0.233 e. The molecule has 2 fully saturated rings. The van der Waals surface area contributed by atoms with E-state index in [0.29, 0.717) is 5.41 Å². The fourth-order valence-corrected chi connectivity index (χ4v) is 4.23. The molecule has 1 aromatic carbocycles. The molecule has 1 amide bonds. The molecule has 1 N–H and O–H groups in total. The summed E-state index contributed by atoms with van der Waals surface area (Å²) in [6.07, 6.45) is 2.50. The van der Waals surface area contributed by atoms with Crippen molar-refractivity contribution in [3.8, 4) is 0 Å². The van der Waals surface area contributed by atoms with Gasteiger partial charge < -0.3 is 15.1 Å². The fourth-order valence-electron chi connectivity index (χ4n) is 3.34. The van der Waals surface area contributed by atoms with Crippen LogP contribution in [0.3, 0.4) is 0 Å². The van der Waals surface area contributed by atoms with Gasteiger partial charge in [-0.1, -0.05) is 17.7 Å². The third-order valence-electron chi connectivity index (χ3n) is 5.45. The summed E-state index contributed by atoms with van der Waals surface area (Å²) in [5.74, 6) is 0.162. The van der Waals surface area contributed by atoms with Crippen molar-refractivity contribution in [1.82, 2.24) is 15.1 Å². The number of thioether (sulfide) groups is 1. The zero-order chi connectivity index (χ0) is 17.9. The van der Waals surface area contributed by atoms with E-state index >= 15 is 0 Å². The number of carbonyl (C=O) groups excluding carboxylic acids is 1. The van der Waals surface area contributed by atoms with Crippen molar-refractivity contribution >= 4 is 17.7 Å². The lowest BCUT2D eigenvalue weighted by Gasteiger charge is -2.35. The third-order valence-corrected chi connectivity index (χ3v) is 6.56. The van der Waals surface area contributed by atoms with Crippen LogP contribution in [0, 0.1) is 12.3 Å². The standard InChI is InChI=1S/C20H31N3OS/c1-16-4-6-18(7-5-16)25-17(2)19(24)21-14-20(8-9-20)15-23-12-10-22(3)11-13-23/h4-7,17H,8-15H2,1-3H3,(H,21,24). The number of hydrogen-bond donors (Lipinski definition) is 1. The van der Waals surface area contributed by atoms with E-state index in [4.69, 9.17) is 0 Å². The summed E-state index contributed by atoms with van der Waals surface area (Å²) in [6.45, 7) is 10.7. The molecular weight excluding hydrogens is 330 g/mol. The van der Waals surface area contributed by atoms with Crippen LogP contribution in [0.2, 0.25) is 0 Å². The molecule has 0 bridgehead atoms. The van der Waals surface area contributed by atoms with E-state index in [-0.39, 0.29) is 11.2 Å². The van der Waals surface area contributed by atoms with Crippen molar-refractivity contribution in [3.05, 3.63) is 29.8 Å². The van der Waals surface area contributed by atoms with E-state index in [9.17, 15) is 4.79 Å². The minimum Gasteiger partial charge on any atom is -0.355 e. The number of hydrogen-bond acceptors (Lipinski definition) is 4. The second-order valence-electron chi connectivity index (χ2n) is 7.87. The molecule has 1 atom stereocenters. The van der Waals surface area contributed by atoms with Crippen molar-refractivity contribution in [1.29, 1.82) is 0 Å². The summed E-state index contributed by atoms with van der Waals surface area (Å²) in [4.78, 5) is 18.6. The van der Waals surface area contributed by atoms with Crippen molar-refractivity contribution in [2.75, 3.05) is 46.3 Å². The van der Waals surface area contributed by atoms with Gasteiger partial charge in [-0.2, -0.15) is 0 Å². The van der Waals surface area contributed by atoms with Gasteiger partial charge in [0.15, 0.2) is 0 Å². The van der Waals surface area contributed by atoms with E-state index in [1.165, 1.54) is 18.4 Å². The highest BCUT2D eigenvalue weighted by molar-refractivity contribution is 8.00. The first-order chi connectivity index (χ1) is 12.0. The Labute approximate surface area is 156 Å². The van der Waals surface area contributed by atoms with Gasteiger partial charge in [0.25, 0.3) is 0 Å². The van der Waals surface area contributed by atoms with Gasteiger partial charge in [-0.15, -0.1) is 11.8 Å². The lowest BCUT2D eigenvalue weighted by molar-refractivity contribution is -0.120. The van der Waals surface area contributed by atoms with Crippen molar-refractivity contribution in [2.24, 2.45) is 5.41 Å². The third kappa shape index (κ3) is 5.47. The smallest absolute Gasteiger partial charge is 0.233 e. The Balaban J connectivity index is 1.42. The predicted molar refractivity (Wildman–Crippen MR) is 105 cm³/mol. The van der Waals surface area contributed by atoms with Crippen LogP contribution in [-0.2, 0) is 4.79 Å². The van der Waals surface area contributed by atoms with Crippen LogP contribution in [0.4, 0.5) is 0 Å². The van der Waals surface area contributed by atoms with Crippen molar-refractivity contribution in [3.63, 3.8) is 0 Å². The Morgan fingerprint density at radius 2 is 1.84 bits per heavy atom. The summed E-state index contributed by atoms with van der Waals surface area (Å²) >= 11 is 1.64. The maximum absolute atomic E-state index is 12.5. The number of piperazine rings is 1. The Hall–Kier alpha value is -1.04. The monoisotopic (exact) mass is 361 g/mol. The lowest BCUT2D eigenvalue weighted by atomic mass is 10.1. The maximum atomic E-state index is 12.5. The number of benzene rings is 1. The topological polar surface area (TPSA) is 35.6 Å². The Bertz CT molecular complexity index is 577. The molecule has 0 aromatic heterocycles. The van der Waals surface area contributed by atoms with Crippen LogP contribution < -0.4 is 5.32 Å². The molecule has 4 nitrogen and oxygen atoms in total. The highest BCUT2D eigenvalue weighted by Gasteiger charge is 2.44. The highest BCUT2D eigenvalue weighted by atomic mass is 32.2. The summed E-state index contributed by atoms with van der Waals surface area (Å²) in [7, 11) is 2.19. The van der Waals surface area contributed by atoms with E-state index in [1.807, 2.05) is 6.92 Å². The van der Waals surface area contributed by atoms with Crippen LogP contribution in [0.15, 0.2) is 29.2 Å². The molecule has 0 spiro atoms. The van der Waals surface area contributed by atoms with Crippen molar-refractivity contribution < 1.29 is 4.79 Å². The van der Waals surface area contributed by atoms with Gasteiger partial charge in [-0.3, -0.25) is 4.79 Å². The first kappa shape index (κ1) is 18.7. The number of likely N-dealkylation sites (N-methyl/N-ethyl adjacent to an activating group) is 1. The predicted octanol–water partition coefficient (Wildman–Crippen LogP) is 2.62. The van der Waals surface area contributed by atoms with Gasteiger partial charge in [0, 0.05) is 49.6 Å². The normalized spacial score (nSPS) is 21.7. The van der Waals surface area contributed by atoms with Crippen LogP contribution >= 0.6 is 11.8 Å². The zero-order valence-electron chi connectivity index (χ0n) is 15.8. The quantitative estimate of drug-likeness (QED) is 0.758. The van der Waals surface area contributed by atoms with Gasteiger partial charge in [0.05, 0.1) is 5.25 Å². The first-order valence-corrected chi connectivity index (χ1v) is 10.3. The summed E-state index contributed by atoms with van der Waals surface area (Å²) < 4.78 is 0. The summed E-state index contributed by atoms with van der Waals surface area (Å²) in [5, 5.41) is 3.16. The van der Waals surface area contributed by atoms with Crippen molar-refractivity contribution in [2.45, 2.75) is 36.8 Å². The summed E-state index contributed by atoms with van der Waals surface area (Å²) in [6, 6.07) is 8.39. The van der Waals surface area contributed by atoms with Gasteiger partial charge in [-0.25, -0.2) is 0 Å². The second-order valence-corrected chi connectivity index (χ2v) is 9.28. The number of aryl methyl sites for hydroxylation is 1. The fraction of sp³-hybridized carbons (Fsp3) is 0.650. The summed E-state index contributed by atoms with van der Waals surface area (Å²) in [5.41, 5.74) is 1.58. The Morgan fingerprint density at radius 1 is 1.20 bits per heavy atom. The highest BCUT2D eigenvalue weighted by Crippen LogP contribution is 2.45. The van der Waals surface area contributed by atoms with Crippen LogP contribution in [0.1, 0.15) is 25.3 Å². The van der Waals surface area contributed by atoms with Gasteiger partial charge in [-0.05, 0) is 45.9 Å². The molecule has 138 valence electrons. The molecule has 1 aromatic rings. The Kier molecular flexibility index (Phi) is 6.08. The Morgan fingerprint density at radius 3 is 2.44 bits per heavy atom. The lowest BCUT2D eigenvalue weighted by Crippen LogP contribution is -2.48. The molecule has 25 heavy (non-hydrogen) atoms. The zero-order valence-corrected chi connectivity index (χ0v) is 16.6. The molecular formula is C20H31N3OS. The number of nitrogens with one attached hydrogen (secondary N) is 1. The molecule has 5 heteroatoms. The number of nitrogens with zero attached hydrogens (tertiary/aromatic N) is 2. The molecule has 0 radical (unpaired) electrons. The minimum atomic E-state index is -0.0536. The van der Waals surface area contributed by atoms with Gasteiger partial charge >= 0.3 is 0 Å². The SMILES string of the molecule is Cc1ccc(SC(C)C(=O)NCC2(CN3CCN(C)CC3)CC2)cc1. The van der Waals surface area contributed by atoms with Gasteiger partial charge in [0.1, 0.15) is 0 Å². The molecule has 1 aliphatic heterocycles. The molecule has 1 unspecified atom stereocenters. The molecule has 1 saturated carbocycles. The van der Waals surface area contributed by atoms with Crippen LogP contribution in [0.25, 0.3) is 0 Å². The average molecular weight is 362 g/mol. The van der Waals surface area contributed by atoms with E-state index < -0.39 is 0 Å². The molecule has 1 saturated heterocycles. The van der Waals surface area contributed by atoms with E-state index in [2.05, 4.69) is 53.4 Å². The number of amides is 1.